The summed E-state index contributed by atoms with van der Waals surface area (Å²) in [6.07, 6.45) is 7.00. The highest BCUT2D eigenvalue weighted by atomic mass is 79.9. The van der Waals surface area contributed by atoms with E-state index >= 15 is 0 Å². The summed E-state index contributed by atoms with van der Waals surface area (Å²) in [6.45, 7) is 2.24. The van der Waals surface area contributed by atoms with Gasteiger partial charge in [-0.05, 0) is 79.2 Å². The average Bonchev–Trinajstić information content (AvgIpc) is 2.82. The normalized spacial score (nSPS) is 24.7. The second-order valence-electron chi connectivity index (χ2n) is 8.56. The maximum atomic E-state index is 13.5. The van der Waals surface area contributed by atoms with Crippen LogP contribution < -0.4 is 5.32 Å². The fourth-order valence-electron chi connectivity index (χ4n) is 5.17. The molecule has 3 aliphatic rings. The average molecular weight is 476 g/mol. The second-order valence-corrected chi connectivity index (χ2v) is 9.47. The zero-order chi connectivity index (χ0) is 21.2. The molecule has 5 heteroatoms. The minimum Gasteiger partial charge on any atom is -0.347 e. The first-order valence-corrected chi connectivity index (χ1v) is 11.8. The first kappa shape index (κ1) is 20.4. The molecule has 2 aromatic carbocycles. The Hall–Kier alpha value is -2.50. The summed E-state index contributed by atoms with van der Waals surface area (Å²) in [7, 11) is 0. The molecule has 2 unspecified atom stereocenters. The van der Waals surface area contributed by atoms with Crippen molar-refractivity contribution in [2.24, 2.45) is 5.92 Å². The zero-order valence-corrected chi connectivity index (χ0v) is 19.0. The number of piperidine rings is 3. The van der Waals surface area contributed by atoms with Crippen molar-refractivity contribution >= 4 is 21.8 Å². The van der Waals surface area contributed by atoms with Gasteiger partial charge in [0.2, 0.25) is 0 Å². The maximum absolute atomic E-state index is 13.5. The first-order valence-electron chi connectivity index (χ1n) is 11.0. The van der Waals surface area contributed by atoms with Gasteiger partial charge in [-0.1, -0.05) is 52.3 Å². The van der Waals surface area contributed by atoms with Gasteiger partial charge in [0.15, 0.2) is 0 Å². The summed E-state index contributed by atoms with van der Waals surface area (Å²) in [5.74, 6) is 0.559. The van der Waals surface area contributed by atoms with Crippen molar-refractivity contribution < 1.29 is 4.79 Å². The van der Waals surface area contributed by atoms with Crippen LogP contribution in [0.25, 0.3) is 11.1 Å². The molecule has 31 heavy (non-hydrogen) atoms. The number of aromatic nitrogens is 1. The molecule has 2 atom stereocenters. The van der Waals surface area contributed by atoms with Crippen LogP contribution in [0.3, 0.4) is 0 Å². The fourth-order valence-corrected chi connectivity index (χ4v) is 5.44. The molecule has 0 aliphatic carbocycles. The molecular weight excluding hydrogens is 450 g/mol. The topological polar surface area (TPSA) is 45.2 Å². The highest BCUT2D eigenvalue weighted by molar-refractivity contribution is 9.10. The lowest BCUT2D eigenvalue weighted by Gasteiger charge is -2.51. The van der Waals surface area contributed by atoms with E-state index in [0.29, 0.717) is 12.0 Å². The number of nitrogens with one attached hydrogen (secondary N) is 1. The number of carbonyl (C=O) groups is 1. The Morgan fingerprint density at radius 1 is 1.03 bits per heavy atom. The molecular formula is C26H26BrN3O. The summed E-state index contributed by atoms with van der Waals surface area (Å²) in [4.78, 5) is 20.3. The Kier molecular flexibility index (Phi) is 5.88. The molecule has 158 valence electrons. The minimum atomic E-state index is 0.0217. The van der Waals surface area contributed by atoms with E-state index in [1.807, 2.05) is 54.9 Å². The monoisotopic (exact) mass is 475 g/mol. The lowest BCUT2D eigenvalue weighted by Crippen LogP contribution is -2.64. The number of benzene rings is 2. The predicted octanol–water partition coefficient (Wildman–Crippen LogP) is 4.95. The molecule has 1 N–H and O–H groups in total. The fraction of sp³-hybridized carbons (Fsp3) is 0.308. The van der Waals surface area contributed by atoms with Crippen molar-refractivity contribution in [3.05, 3.63) is 88.7 Å². The molecule has 3 aliphatic heterocycles. The molecule has 6 rings (SSSR count). The van der Waals surface area contributed by atoms with E-state index in [-0.39, 0.29) is 11.9 Å². The van der Waals surface area contributed by atoms with Crippen LogP contribution in [0.4, 0.5) is 0 Å². The molecule has 0 spiro atoms. The molecule has 3 saturated heterocycles. The number of hydrogen-bond acceptors (Lipinski definition) is 3. The Morgan fingerprint density at radius 3 is 2.55 bits per heavy atom. The van der Waals surface area contributed by atoms with E-state index in [4.69, 9.17) is 0 Å². The Morgan fingerprint density at radius 2 is 1.81 bits per heavy atom. The Balaban J connectivity index is 1.41. The van der Waals surface area contributed by atoms with Gasteiger partial charge in [-0.25, -0.2) is 0 Å². The molecule has 1 amide bonds. The Bertz CT molecular complexity index is 1050. The van der Waals surface area contributed by atoms with Gasteiger partial charge in [0.25, 0.3) is 5.91 Å². The number of nitrogens with zero attached hydrogens (tertiary/aromatic N) is 2. The van der Waals surface area contributed by atoms with Crippen molar-refractivity contribution in [2.75, 3.05) is 13.1 Å². The molecule has 2 bridgehead atoms. The molecule has 4 nitrogen and oxygen atoms in total. The minimum absolute atomic E-state index is 0.0217. The van der Waals surface area contributed by atoms with Crippen LogP contribution in [0.2, 0.25) is 0 Å². The number of fused-ring (bicyclic) bond motifs is 3. The van der Waals surface area contributed by atoms with Crippen LogP contribution in [-0.2, 0) is 6.42 Å². The van der Waals surface area contributed by atoms with E-state index in [2.05, 4.69) is 49.3 Å². The number of hydrogen-bond donors (Lipinski definition) is 1. The highest BCUT2D eigenvalue weighted by Crippen LogP contribution is 2.34. The number of amides is 1. The van der Waals surface area contributed by atoms with E-state index in [0.717, 1.165) is 53.5 Å². The predicted molar refractivity (Wildman–Crippen MR) is 127 cm³/mol. The van der Waals surface area contributed by atoms with Gasteiger partial charge in [-0.15, -0.1) is 0 Å². The summed E-state index contributed by atoms with van der Waals surface area (Å²) < 4.78 is 1.03. The van der Waals surface area contributed by atoms with E-state index in [1.54, 1.807) is 0 Å². The molecule has 0 radical (unpaired) electrons. The van der Waals surface area contributed by atoms with Crippen molar-refractivity contribution in [2.45, 2.75) is 31.3 Å². The zero-order valence-electron chi connectivity index (χ0n) is 17.4. The van der Waals surface area contributed by atoms with Gasteiger partial charge in [0, 0.05) is 34.5 Å². The standard InChI is InChI=1S/C26H26BrN3O/c27-21-9-7-19(8-10-21)22-5-1-2-6-23(22)26(31)29-25-20-11-14-30(15-12-20)24(25)16-18-4-3-13-28-17-18/h1-10,13,17,20,24-25H,11-12,14-16H2,(H,29,31). The van der Waals surface area contributed by atoms with Crippen LogP contribution in [0, 0.1) is 5.92 Å². The summed E-state index contributed by atoms with van der Waals surface area (Å²) in [5.41, 5.74) is 3.99. The Labute approximate surface area is 191 Å². The summed E-state index contributed by atoms with van der Waals surface area (Å²) >= 11 is 3.50. The van der Waals surface area contributed by atoms with E-state index in [1.165, 1.54) is 5.56 Å². The third-order valence-electron chi connectivity index (χ3n) is 6.76. The van der Waals surface area contributed by atoms with Crippen LogP contribution in [0.5, 0.6) is 0 Å². The van der Waals surface area contributed by atoms with Crippen LogP contribution in [0.15, 0.2) is 77.5 Å². The van der Waals surface area contributed by atoms with Crippen LogP contribution in [-0.4, -0.2) is 41.0 Å². The third kappa shape index (κ3) is 4.30. The van der Waals surface area contributed by atoms with E-state index < -0.39 is 0 Å². The highest BCUT2D eigenvalue weighted by Gasteiger charge is 2.42. The van der Waals surface area contributed by atoms with Crippen molar-refractivity contribution in [3.63, 3.8) is 0 Å². The molecule has 0 saturated carbocycles. The van der Waals surface area contributed by atoms with Gasteiger partial charge in [-0.3, -0.25) is 14.7 Å². The van der Waals surface area contributed by atoms with Gasteiger partial charge in [0.1, 0.15) is 0 Å². The summed E-state index contributed by atoms with van der Waals surface area (Å²) in [5, 5.41) is 3.45. The van der Waals surface area contributed by atoms with Crippen LogP contribution >= 0.6 is 15.9 Å². The lowest BCUT2D eigenvalue weighted by atomic mass is 9.76. The van der Waals surface area contributed by atoms with Gasteiger partial charge in [0.05, 0.1) is 0 Å². The van der Waals surface area contributed by atoms with E-state index in [9.17, 15) is 4.79 Å². The molecule has 4 heterocycles. The van der Waals surface area contributed by atoms with Crippen molar-refractivity contribution in [1.29, 1.82) is 0 Å². The SMILES string of the molecule is O=C(NC1C2CCN(CC2)C1Cc1cccnc1)c1ccccc1-c1ccc(Br)cc1. The smallest absolute Gasteiger partial charge is 0.252 e. The van der Waals surface area contributed by atoms with Gasteiger partial charge < -0.3 is 5.32 Å². The van der Waals surface area contributed by atoms with Crippen molar-refractivity contribution in [1.82, 2.24) is 15.2 Å². The number of rotatable bonds is 5. The quantitative estimate of drug-likeness (QED) is 0.567. The second kappa shape index (κ2) is 8.93. The maximum Gasteiger partial charge on any atom is 0.252 e. The molecule has 3 aromatic rings. The molecule has 1 aromatic heterocycles. The van der Waals surface area contributed by atoms with Gasteiger partial charge in [-0.2, -0.15) is 0 Å². The third-order valence-corrected chi connectivity index (χ3v) is 7.29. The van der Waals surface area contributed by atoms with Gasteiger partial charge >= 0.3 is 0 Å². The number of pyridine rings is 1. The summed E-state index contributed by atoms with van der Waals surface area (Å²) in [6, 6.07) is 20.6. The number of halogens is 1. The van der Waals surface area contributed by atoms with Crippen LogP contribution in [0.1, 0.15) is 28.8 Å². The molecule has 3 fully saturated rings. The lowest BCUT2D eigenvalue weighted by molar-refractivity contribution is 0.0136. The first-order chi connectivity index (χ1) is 15.2. The number of carbonyl (C=O) groups excluding carboxylic acids is 1. The van der Waals surface area contributed by atoms with Crippen molar-refractivity contribution in [3.8, 4) is 11.1 Å². The largest absolute Gasteiger partial charge is 0.347 e.